The number of nitrogens with zero attached hydrogens (tertiary/aromatic N) is 3. The van der Waals surface area contributed by atoms with Gasteiger partial charge in [-0.3, -0.25) is 0 Å². The fraction of sp³-hybridized carbons (Fsp3) is 0.714. The maximum absolute atomic E-state index is 4.55. The number of nitrogens with one attached hydrogen (secondary N) is 1. The Morgan fingerprint density at radius 1 is 1.22 bits per heavy atom. The fourth-order valence-electron chi connectivity index (χ4n) is 3.14. The molecule has 0 amide bonds. The summed E-state index contributed by atoms with van der Waals surface area (Å²) in [7, 11) is 2.19. The van der Waals surface area contributed by atoms with E-state index in [4.69, 9.17) is 0 Å². The van der Waals surface area contributed by atoms with Crippen molar-refractivity contribution in [2.45, 2.75) is 44.6 Å². The molecular formula is C14H22N4. The lowest BCUT2D eigenvalue weighted by Crippen LogP contribution is -2.45. The lowest BCUT2D eigenvalue weighted by Gasteiger charge is -2.34. The van der Waals surface area contributed by atoms with Crippen molar-refractivity contribution in [2.75, 3.05) is 25.0 Å². The molecule has 3 rings (SSSR count). The van der Waals surface area contributed by atoms with Gasteiger partial charge in [-0.25, -0.2) is 9.97 Å². The molecule has 98 valence electrons. The predicted octanol–water partition coefficient (Wildman–Crippen LogP) is 1.54. The van der Waals surface area contributed by atoms with Crippen LogP contribution in [-0.4, -0.2) is 36.1 Å². The van der Waals surface area contributed by atoms with Gasteiger partial charge >= 0.3 is 0 Å². The maximum atomic E-state index is 4.55. The number of aryl methyl sites for hydroxylation is 1. The molecule has 0 radical (unpaired) electrons. The highest BCUT2D eigenvalue weighted by Crippen LogP contribution is 2.28. The zero-order valence-corrected chi connectivity index (χ0v) is 11.2. The van der Waals surface area contributed by atoms with Crippen LogP contribution in [0, 0.1) is 0 Å². The molecule has 1 atom stereocenters. The molecular weight excluding hydrogens is 224 g/mol. The second-order valence-electron chi connectivity index (χ2n) is 5.44. The summed E-state index contributed by atoms with van der Waals surface area (Å²) in [4.78, 5) is 11.4. The first-order valence-corrected chi connectivity index (χ1v) is 7.12. The molecule has 1 N–H and O–H groups in total. The molecule has 1 fully saturated rings. The van der Waals surface area contributed by atoms with Crippen LogP contribution in [0.4, 0.5) is 5.82 Å². The number of aromatic nitrogens is 2. The third-order valence-corrected chi connectivity index (χ3v) is 4.25. The van der Waals surface area contributed by atoms with Gasteiger partial charge in [0.25, 0.3) is 0 Å². The normalized spacial score (nSPS) is 23.5. The summed E-state index contributed by atoms with van der Waals surface area (Å²) in [6.07, 6.45) is 9.11. The number of piperidine rings is 1. The third-order valence-electron chi connectivity index (χ3n) is 4.25. The van der Waals surface area contributed by atoms with E-state index in [1.807, 2.05) is 0 Å². The first-order valence-electron chi connectivity index (χ1n) is 7.12. The van der Waals surface area contributed by atoms with Gasteiger partial charge in [0.2, 0.25) is 0 Å². The van der Waals surface area contributed by atoms with Crippen LogP contribution in [-0.2, 0) is 12.8 Å². The van der Waals surface area contributed by atoms with Crippen LogP contribution in [0.15, 0.2) is 6.33 Å². The maximum Gasteiger partial charge on any atom is 0.135 e. The van der Waals surface area contributed by atoms with Crippen molar-refractivity contribution < 1.29 is 0 Å². The molecule has 2 heterocycles. The zero-order valence-electron chi connectivity index (χ0n) is 11.2. The monoisotopic (exact) mass is 246 g/mol. The highest BCUT2D eigenvalue weighted by atomic mass is 15.2. The summed E-state index contributed by atoms with van der Waals surface area (Å²) in [5.41, 5.74) is 2.68. The summed E-state index contributed by atoms with van der Waals surface area (Å²) in [6, 6.07) is 0.583. The minimum atomic E-state index is 0.583. The molecule has 0 spiro atoms. The number of hydrogen-bond donors (Lipinski definition) is 1. The van der Waals surface area contributed by atoms with Crippen molar-refractivity contribution in [3.05, 3.63) is 17.6 Å². The minimum absolute atomic E-state index is 0.583. The second-order valence-corrected chi connectivity index (χ2v) is 5.44. The Bertz CT molecular complexity index is 412. The van der Waals surface area contributed by atoms with Gasteiger partial charge in [-0.15, -0.1) is 0 Å². The second kappa shape index (κ2) is 5.22. The standard InChI is InChI=1S/C14H22N4/c1-18(11-5-4-8-15-9-11)14-12-6-2-3-7-13(12)16-10-17-14/h10-11,15H,2-9H2,1H3. The van der Waals surface area contributed by atoms with Crippen LogP contribution in [0.5, 0.6) is 0 Å². The Morgan fingerprint density at radius 3 is 2.94 bits per heavy atom. The average molecular weight is 246 g/mol. The third kappa shape index (κ3) is 2.21. The van der Waals surface area contributed by atoms with Crippen molar-refractivity contribution in [3.8, 4) is 0 Å². The average Bonchev–Trinajstić information content (AvgIpc) is 2.47. The lowest BCUT2D eigenvalue weighted by atomic mass is 9.95. The van der Waals surface area contributed by atoms with Gasteiger partial charge in [-0.2, -0.15) is 0 Å². The number of fused-ring (bicyclic) bond motifs is 1. The molecule has 4 heteroatoms. The Kier molecular flexibility index (Phi) is 3.46. The highest BCUT2D eigenvalue weighted by Gasteiger charge is 2.23. The molecule has 1 aliphatic carbocycles. The Labute approximate surface area is 109 Å². The largest absolute Gasteiger partial charge is 0.355 e. The molecule has 4 nitrogen and oxygen atoms in total. The van der Waals surface area contributed by atoms with Crippen LogP contribution in [0.3, 0.4) is 0 Å². The molecule has 0 aromatic carbocycles. The van der Waals surface area contributed by atoms with Crippen molar-refractivity contribution in [1.29, 1.82) is 0 Å². The van der Waals surface area contributed by atoms with Crippen molar-refractivity contribution in [1.82, 2.24) is 15.3 Å². The molecule has 0 bridgehead atoms. The van der Waals surface area contributed by atoms with E-state index in [-0.39, 0.29) is 0 Å². The summed E-state index contributed by atoms with van der Waals surface area (Å²) < 4.78 is 0. The van der Waals surface area contributed by atoms with Crippen molar-refractivity contribution in [3.63, 3.8) is 0 Å². The fourth-order valence-corrected chi connectivity index (χ4v) is 3.14. The van der Waals surface area contributed by atoms with Crippen LogP contribution < -0.4 is 10.2 Å². The molecule has 1 aliphatic heterocycles. The van der Waals surface area contributed by atoms with Gasteiger partial charge < -0.3 is 10.2 Å². The molecule has 0 saturated carbocycles. The van der Waals surface area contributed by atoms with Gasteiger partial charge in [0, 0.05) is 30.9 Å². The number of likely N-dealkylation sites (N-methyl/N-ethyl adjacent to an activating group) is 1. The minimum Gasteiger partial charge on any atom is -0.355 e. The van der Waals surface area contributed by atoms with Crippen LogP contribution >= 0.6 is 0 Å². The Balaban J connectivity index is 1.86. The Morgan fingerprint density at radius 2 is 2.11 bits per heavy atom. The highest BCUT2D eigenvalue weighted by molar-refractivity contribution is 5.49. The van der Waals surface area contributed by atoms with Crippen molar-refractivity contribution >= 4 is 5.82 Å². The van der Waals surface area contributed by atoms with E-state index in [9.17, 15) is 0 Å². The first kappa shape index (κ1) is 11.9. The number of anilines is 1. The summed E-state index contributed by atoms with van der Waals surface area (Å²) in [5, 5.41) is 3.48. The summed E-state index contributed by atoms with van der Waals surface area (Å²) in [5.74, 6) is 1.17. The summed E-state index contributed by atoms with van der Waals surface area (Å²) in [6.45, 7) is 2.24. The van der Waals surface area contributed by atoms with Gasteiger partial charge in [-0.05, 0) is 45.1 Å². The first-order chi connectivity index (χ1) is 8.86. The van der Waals surface area contributed by atoms with Gasteiger partial charge in [0.05, 0.1) is 0 Å². The molecule has 2 aliphatic rings. The van der Waals surface area contributed by atoms with E-state index >= 15 is 0 Å². The predicted molar refractivity (Wildman–Crippen MR) is 73.0 cm³/mol. The van der Waals surface area contributed by atoms with Crippen LogP contribution in [0.25, 0.3) is 0 Å². The lowest BCUT2D eigenvalue weighted by molar-refractivity contribution is 0.442. The zero-order chi connectivity index (χ0) is 12.4. The van der Waals surface area contributed by atoms with E-state index in [0.717, 1.165) is 25.9 Å². The molecule has 1 aromatic heterocycles. The van der Waals surface area contributed by atoms with Crippen LogP contribution in [0.1, 0.15) is 36.9 Å². The quantitative estimate of drug-likeness (QED) is 0.859. The summed E-state index contributed by atoms with van der Waals surface area (Å²) >= 11 is 0. The van der Waals surface area contributed by atoms with E-state index in [0.29, 0.717) is 6.04 Å². The van der Waals surface area contributed by atoms with E-state index < -0.39 is 0 Å². The van der Waals surface area contributed by atoms with Crippen LogP contribution in [0.2, 0.25) is 0 Å². The van der Waals surface area contributed by atoms with Gasteiger partial charge in [0.1, 0.15) is 12.1 Å². The number of hydrogen-bond acceptors (Lipinski definition) is 4. The topological polar surface area (TPSA) is 41.1 Å². The Hall–Kier alpha value is -1.16. The molecule has 1 aromatic rings. The van der Waals surface area contributed by atoms with E-state index in [1.165, 1.54) is 42.8 Å². The van der Waals surface area contributed by atoms with Gasteiger partial charge in [0.15, 0.2) is 0 Å². The van der Waals surface area contributed by atoms with E-state index in [1.54, 1.807) is 6.33 Å². The number of rotatable bonds is 2. The SMILES string of the molecule is CN(c1ncnc2c1CCCC2)C1CCCNC1. The van der Waals surface area contributed by atoms with Crippen molar-refractivity contribution in [2.24, 2.45) is 0 Å². The smallest absolute Gasteiger partial charge is 0.135 e. The molecule has 1 unspecified atom stereocenters. The van der Waals surface area contributed by atoms with E-state index in [2.05, 4.69) is 27.2 Å². The molecule has 1 saturated heterocycles. The molecule has 18 heavy (non-hydrogen) atoms. The van der Waals surface area contributed by atoms with Gasteiger partial charge in [-0.1, -0.05) is 0 Å².